The molecule has 0 spiro atoms. The maximum absolute atomic E-state index is 11.6. The highest BCUT2D eigenvalue weighted by Gasteiger charge is 2.20. The highest BCUT2D eigenvalue weighted by molar-refractivity contribution is 6.30. The van der Waals surface area contributed by atoms with Crippen molar-refractivity contribution >= 4 is 29.5 Å². The molecule has 1 rings (SSSR count). The topological polar surface area (TPSA) is 105 Å². The number of aromatic carboxylic acids is 1. The number of carbonyl (C=O) groups is 3. The zero-order valence-corrected chi connectivity index (χ0v) is 11.5. The van der Waals surface area contributed by atoms with Gasteiger partial charge in [0.25, 0.3) is 5.91 Å². The van der Waals surface area contributed by atoms with Crippen LogP contribution in [0.5, 0.6) is 5.75 Å². The molecule has 1 unspecified atom stereocenters. The van der Waals surface area contributed by atoms with E-state index in [2.05, 4.69) is 5.32 Å². The molecule has 0 fully saturated rings. The van der Waals surface area contributed by atoms with Crippen molar-refractivity contribution in [1.29, 1.82) is 0 Å². The van der Waals surface area contributed by atoms with Crippen LogP contribution in [0.1, 0.15) is 17.3 Å². The molecule has 0 heterocycles. The molecule has 108 valence electrons. The van der Waals surface area contributed by atoms with Crippen LogP contribution in [0.25, 0.3) is 0 Å². The molecule has 0 aliphatic rings. The first-order valence-corrected chi connectivity index (χ1v) is 5.95. The second-order valence-corrected chi connectivity index (χ2v) is 4.21. The lowest BCUT2D eigenvalue weighted by atomic mass is 10.2. The summed E-state index contributed by atoms with van der Waals surface area (Å²) in [4.78, 5) is 33.6. The van der Waals surface area contributed by atoms with Gasteiger partial charge in [0, 0.05) is 12.1 Å². The summed E-state index contributed by atoms with van der Waals surface area (Å²) in [5, 5.41) is 13.5. The third-order valence-electron chi connectivity index (χ3n) is 2.31. The Kier molecular flexibility index (Phi) is 5.33. The van der Waals surface area contributed by atoms with Gasteiger partial charge in [-0.2, -0.15) is 0 Å². The zero-order chi connectivity index (χ0) is 15.3. The Morgan fingerprint density at radius 3 is 2.55 bits per heavy atom. The molecular weight excluding hydrogens is 288 g/mol. The molecule has 1 aromatic rings. The molecule has 7 nitrogen and oxygen atoms in total. The van der Waals surface area contributed by atoms with Crippen molar-refractivity contribution in [2.75, 3.05) is 7.05 Å². The van der Waals surface area contributed by atoms with Crippen LogP contribution < -0.4 is 15.4 Å². The number of carbonyl (C=O) groups excluding carboxylic acids is 2. The van der Waals surface area contributed by atoms with Gasteiger partial charge in [0.2, 0.25) is 0 Å². The van der Waals surface area contributed by atoms with E-state index in [-0.39, 0.29) is 16.3 Å². The molecule has 0 aromatic heterocycles. The van der Waals surface area contributed by atoms with Gasteiger partial charge in [0.1, 0.15) is 11.3 Å². The second kappa shape index (κ2) is 6.76. The maximum Gasteiger partial charge on any atom is 0.339 e. The normalized spacial score (nSPS) is 11.3. The molecule has 0 saturated heterocycles. The number of nitrogens with one attached hydrogen (secondary N) is 2. The lowest BCUT2D eigenvalue weighted by molar-refractivity contribution is -0.126. The number of hydrogen-bond donors (Lipinski definition) is 3. The van der Waals surface area contributed by atoms with Gasteiger partial charge in [-0.15, -0.1) is 0 Å². The maximum atomic E-state index is 11.6. The molecule has 0 saturated carbocycles. The molecule has 3 N–H and O–H groups in total. The second-order valence-electron chi connectivity index (χ2n) is 3.77. The molecule has 0 aliphatic heterocycles. The number of rotatable bonds is 4. The van der Waals surface area contributed by atoms with E-state index in [0.717, 1.165) is 0 Å². The first kappa shape index (κ1) is 15.8. The Bertz CT molecular complexity index is 547. The monoisotopic (exact) mass is 300 g/mol. The Hall–Kier alpha value is -2.28. The molecule has 8 heteroatoms. The predicted octanol–water partition coefficient (Wildman–Crippen LogP) is 1.26. The van der Waals surface area contributed by atoms with Crippen molar-refractivity contribution in [1.82, 2.24) is 10.6 Å². The number of carboxylic acid groups (broad SMARTS) is 1. The molecule has 20 heavy (non-hydrogen) atoms. The van der Waals surface area contributed by atoms with Gasteiger partial charge in [0.05, 0.1) is 0 Å². The minimum absolute atomic E-state index is 0.0513. The number of ether oxygens (including phenoxy) is 1. The summed E-state index contributed by atoms with van der Waals surface area (Å²) in [5.74, 6) is -1.97. The van der Waals surface area contributed by atoms with Gasteiger partial charge in [-0.1, -0.05) is 11.6 Å². The van der Waals surface area contributed by atoms with Crippen LogP contribution in [0.4, 0.5) is 4.79 Å². The fourth-order valence-corrected chi connectivity index (χ4v) is 1.45. The van der Waals surface area contributed by atoms with Crippen LogP contribution in [-0.4, -0.2) is 36.2 Å². The number of benzene rings is 1. The molecule has 1 atom stereocenters. The van der Waals surface area contributed by atoms with Gasteiger partial charge in [-0.05, 0) is 25.1 Å². The molecule has 3 amide bonds. The molecule has 0 bridgehead atoms. The lowest BCUT2D eigenvalue weighted by Gasteiger charge is -2.15. The fourth-order valence-electron chi connectivity index (χ4n) is 1.29. The Morgan fingerprint density at radius 2 is 2.00 bits per heavy atom. The van der Waals surface area contributed by atoms with E-state index in [1.807, 2.05) is 5.32 Å². The Morgan fingerprint density at radius 1 is 1.35 bits per heavy atom. The van der Waals surface area contributed by atoms with E-state index >= 15 is 0 Å². The lowest BCUT2D eigenvalue weighted by Crippen LogP contribution is -2.44. The van der Waals surface area contributed by atoms with Crippen molar-refractivity contribution in [3.8, 4) is 5.75 Å². The highest BCUT2D eigenvalue weighted by Crippen LogP contribution is 2.24. The summed E-state index contributed by atoms with van der Waals surface area (Å²) in [6, 6.07) is 3.26. The minimum atomic E-state index is -1.21. The van der Waals surface area contributed by atoms with Gasteiger partial charge in [-0.25, -0.2) is 9.59 Å². The van der Waals surface area contributed by atoms with E-state index in [4.69, 9.17) is 21.4 Å². The van der Waals surface area contributed by atoms with Crippen molar-refractivity contribution in [3.05, 3.63) is 28.8 Å². The summed E-state index contributed by atoms with van der Waals surface area (Å²) < 4.78 is 5.24. The smallest absolute Gasteiger partial charge is 0.339 e. The summed E-state index contributed by atoms with van der Waals surface area (Å²) in [5.41, 5.74) is -0.131. The minimum Gasteiger partial charge on any atom is -0.480 e. The first-order valence-electron chi connectivity index (χ1n) is 5.57. The number of carboxylic acids is 1. The van der Waals surface area contributed by atoms with Crippen LogP contribution in [0, 0.1) is 0 Å². The summed E-state index contributed by atoms with van der Waals surface area (Å²) >= 11 is 5.75. The average molecular weight is 301 g/mol. The van der Waals surface area contributed by atoms with Crippen LogP contribution >= 0.6 is 11.6 Å². The SMILES string of the molecule is CNC(=O)NC(=O)C(C)Oc1cc(Cl)ccc1C(=O)O. The van der Waals surface area contributed by atoms with Crippen LogP contribution in [0.15, 0.2) is 18.2 Å². The van der Waals surface area contributed by atoms with Gasteiger partial charge in [0.15, 0.2) is 6.10 Å². The summed E-state index contributed by atoms with van der Waals surface area (Å²) in [6.07, 6.45) is -1.07. The van der Waals surface area contributed by atoms with Crippen LogP contribution in [0.3, 0.4) is 0 Å². The highest BCUT2D eigenvalue weighted by atomic mass is 35.5. The Labute approximate surface area is 119 Å². The average Bonchev–Trinajstić information content (AvgIpc) is 2.38. The predicted molar refractivity (Wildman–Crippen MR) is 71.1 cm³/mol. The number of imide groups is 1. The third-order valence-corrected chi connectivity index (χ3v) is 2.55. The Balaban J connectivity index is 2.87. The summed E-state index contributed by atoms with van der Waals surface area (Å²) in [6.45, 7) is 1.38. The summed E-state index contributed by atoms with van der Waals surface area (Å²) in [7, 11) is 1.35. The van der Waals surface area contributed by atoms with Crippen molar-refractivity contribution in [2.24, 2.45) is 0 Å². The van der Waals surface area contributed by atoms with Crippen molar-refractivity contribution in [2.45, 2.75) is 13.0 Å². The van der Waals surface area contributed by atoms with Gasteiger partial charge in [-0.3, -0.25) is 10.1 Å². The quantitative estimate of drug-likeness (QED) is 0.776. The number of halogens is 1. The zero-order valence-electron chi connectivity index (χ0n) is 10.8. The number of amides is 3. The first-order chi connectivity index (χ1) is 9.35. The van der Waals surface area contributed by atoms with E-state index < -0.39 is 24.0 Å². The molecule has 0 aliphatic carbocycles. The molecule has 0 radical (unpaired) electrons. The standard InChI is InChI=1S/C12H13ClN2O5/c1-6(10(16)15-12(19)14-2)20-9-5-7(13)3-4-8(9)11(17)18/h3-6H,1-2H3,(H,17,18)(H2,14,15,16,19). The van der Waals surface area contributed by atoms with Crippen molar-refractivity contribution < 1.29 is 24.2 Å². The van der Waals surface area contributed by atoms with Gasteiger partial charge >= 0.3 is 12.0 Å². The fraction of sp³-hybridized carbons (Fsp3) is 0.250. The number of hydrogen-bond acceptors (Lipinski definition) is 4. The van der Waals surface area contributed by atoms with E-state index in [1.54, 1.807) is 0 Å². The largest absolute Gasteiger partial charge is 0.480 e. The van der Waals surface area contributed by atoms with Crippen molar-refractivity contribution in [3.63, 3.8) is 0 Å². The van der Waals surface area contributed by atoms with E-state index in [9.17, 15) is 14.4 Å². The third kappa shape index (κ3) is 4.13. The van der Waals surface area contributed by atoms with Crippen LogP contribution in [-0.2, 0) is 4.79 Å². The molecule has 1 aromatic carbocycles. The number of urea groups is 1. The van der Waals surface area contributed by atoms with Gasteiger partial charge < -0.3 is 15.2 Å². The van der Waals surface area contributed by atoms with E-state index in [0.29, 0.717) is 0 Å². The van der Waals surface area contributed by atoms with Crippen LogP contribution in [0.2, 0.25) is 5.02 Å². The molecular formula is C12H13ClN2O5. The van der Waals surface area contributed by atoms with E-state index in [1.165, 1.54) is 32.2 Å².